The second kappa shape index (κ2) is 7.83. The van der Waals surface area contributed by atoms with Gasteiger partial charge in [0.1, 0.15) is 11.5 Å². The van der Waals surface area contributed by atoms with E-state index in [-0.39, 0.29) is 5.91 Å². The first-order valence-electron chi connectivity index (χ1n) is 7.23. The maximum atomic E-state index is 12.3. The summed E-state index contributed by atoms with van der Waals surface area (Å²) in [6.45, 7) is 2.51. The normalized spacial score (nSPS) is 10.8. The highest BCUT2D eigenvalue weighted by atomic mass is 32.1. The van der Waals surface area contributed by atoms with Crippen molar-refractivity contribution >= 4 is 23.3 Å². The summed E-state index contributed by atoms with van der Waals surface area (Å²) in [5, 5.41) is 2.02. The number of hydrogen-bond acceptors (Lipinski definition) is 4. The smallest absolute Gasteiger partial charge is 0.246 e. The van der Waals surface area contributed by atoms with E-state index in [4.69, 9.17) is 9.47 Å². The van der Waals surface area contributed by atoms with Gasteiger partial charge >= 0.3 is 0 Å². The number of aryl methyl sites for hydroxylation is 1. The lowest BCUT2D eigenvalue weighted by Crippen LogP contribution is -2.24. The van der Waals surface area contributed by atoms with Crippen LogP contribution in [0.3, 0.4) is 0 Å². The Balaban J connectivity index is 2.06. The SMILES string of the molecule is COc1ccc(CN(C)C(=O)C=Cc2sccc2C)c(OC)c1. The third-order valence-corrected chi connectivity index (χ3v) is 4.54. The number of nitrogens with zero attached hydrogens (tertiary/aromatic N) is 1. The molecule has 0 atom stereocenters. The quantitative estimate of drug-likeness (QED) is 0.757. The molecule has 5 heteroatoms. The first-order valence-corrected chi connectivity index (χ1v) is 8.11. The summed E-state index contributed by atoms with van der Waals surface area (Å²) in [7, 11) is 5.00. The molecule has 0 fully saturated rings. The molecule has 0 saturated carbocycles. The molecule has 122 valence electrons. The summed E-state index contributed by atoms with van der Waals surface area (Å²) >= 11 is 1.63. The molecule has 0 spiro atoms. The Hall–Kier alpha value is -2.27. The van der Waals surface area contributed by atoms with E-state index in [1.165, 1.54) is 5.56 Å². The molecule has 23 heavy (non-hydrogen) atoms. The van der Waals surface area contributed by atoms with Gasteiger partial charge in [-0.3, -0.25) is 4.79 Å². The van der Waals surface area contributed by atoms with Gasteiger partial charge in [-0.05, 0) is 42.1 Å². The first-order chi connectivity index (χ1) is 11.0. The van der Waals surface area contributed by atoms with Crippen LogP contribution in [0.5, 0.6) is 11.5 Å². The number of thiophene rings is 1. The number of benzene rings is 1. The molecule has 1 aromatic heterocycles. The van der Waals surface area contributed by atoms with Crippen LogP contribution in [0.1, 0.15) is 16.0 Å². The zero-order chi connectivity index (χ0) is 16.8. The predicted molar refractivity (Wildman–Crippen MR) is 94.1 cm³/mol. The van der Waals surface area contributed by atoms with Crippen LogP contribution >= 0.6 is 11.3 Å². The van der Waals surface area contributed by atoms with Crippen molar-refractivity contribution < 1.29 is 14.3 Å². The molecule has 0 radical (unpaired) electrons. The molecule has 0 aliphatic rings. The topological polar surface area (TPSA) is 38.8 Å². The molecule has 1 aromatic carbocycles. The monoisotopic (exact) mass is 331 g/mol. The van der Waals surface area contributed by atoms with Crippen LogP contribution in [0.4, 0.5) is 0 Å². The Morgan fingerprint density at radius 3 is 2.65 bits per heavy atom. The maximum Gasteiger partial charge on any atom is 0.246 e. The minimum atomic E-state index is -0.0457. The molecule has 1 heterocycles. The molecular weight excluding hydrogens is 310 g/mol. The molecule has 1 amide bonds. The highest BCUT2D eigenvalue weighted by molar-refractivity contribution is 7.11. The first kappa shape index (κ1) is 17.1. The van der Waals surface area contributed by atoms with Crippen molar-refractivity contribution in [3.63, 3.8) is 0 Å². The highest BCUT2D eigenvalue weighted by Crippen LogP contribution is 2.25. The van der Waals surface area contributed by atoms with Crippen LogP contribution in [0.15, 0.2) is 35.7 Å². The summed E-state index contributed by atoms with van der Waals surface area (Å²) in [4.78, 5) is 15.0. The van der Waals surface area contributed by atoms with Crippen molar-refractivity contribution in [1.29, 1.82) is 0 Å². The van der Waals surface area contributed by atoms with Gasteiger partial charge in [-0.25, -0.2) is 0 Å². The van der Waals surface area contributed by atoms with Gasteiger partial charge in [0.2, 0.25) is 5.91 Å². The number of methoxy groups -OCH3 is 2. The molecule has 0 bridgehead atoms. The largest absolute Gasteiger partial charge is 0.497 e. The van der Waals surface area contributed by atoms with Crippen molar-refractivity contribution in [1.82, 2.24) is 4.90 Å². The Morgan fingerprint density at radius 2 is 2.04 bits per heavy atom. The van der Waals surface area contributed by atoms with Gasteiger partial charge in [0.05, 0.1) is 14.2 Å². The summed E-state index contributed by atoms with van der Waals surface area (Å²) in [6.07, 6.45) is 3.47. The van der Waals surface area contributed by atoms with Crippen LogP contribution < -0.4 is 9.47 Å². The van der Waals surface area contributed by atoms with E-state index in [9.17, 15) is 4.79 Å². The average molecular weight is 331 g/mol. The maximum absolute atomic E-state index is 12.3. The molecule has 0 saturated heterocycles. The van der Waals surface area contributed by atoms with E-state index in [1.807, 2.05) is 42.6 Å². The molecule has 0 N–H and O–H groups in total. The van der Waals surface area contributed by atoms with Crippen molar-refractivity contribution in [3.8, 4) is 11.5 Å². The number of hydrogen-bond donors (Lipinski definition) is 0. The number of likely N-dealkylation sites (N-methyl/N-ethyl adjacent to an activating group) is 1. The van der Waals surface area contributed by atoms with Gasteiger partial charge in [-0.2, -0.15) is 0 Å². The van der Waals surface area contributed by atoms with Crippen molar-refractivity contribution in [3.05, 3.63) is 51.7 Å². The standard InChI is InChI=1S/C18H21NO3S/c1-13-9-10-23-17(13)7-8-18(20)19(2)12-14-5-6-15(21-3)11-16(14)22-4/h5-11H,12H2,1-4H3. The lowest BCUT2D eigenvalue weighted by atomic mass is 10.1. The lowest BCUT2D eigenvalue weighted by molar-refractivity contribution is -0.125. The van der Waals surface area contributed by atoms with Crippen LogP contribution in [-0.2, 0) is 11.3 Å². The van der Waals surface area contributed by atoms with E-state index < -0.39 is 0 Å². The van der Waals surface area contributed by atoms with E-state index in [0.717, 1.165) is 16.2 Å². The Labute approximate surface area is 141 Å². The van der Waals surface area contributed by atoms with Gasteiger partial charge in [0.25, 0.3) is 0 Å². The molecule has 2 rings (SSSR count). The molecule has 0 unspecified atom stereocenters. The molecule has 2 aromatic rings. The summed E-state index contributed by atoms with van der Waals surface area (Å²) in [6, 6.07) is 7.63. The third kappa shape index (κ3) is 4.36. The van der Waals surface area contributed by atoms with Gasteiger partial charge in [-0.15, -0.1) is 11.3 Å². The van der Waals surface area contributed by atoms with Crippen molar-refractivity contribution in [2.75, 3.05) is 21.3 Å². The molecule has 0 aliphatic heterocycles. The number of rotatable bonds is 6. The number of carbonyl (C=O) groups excluding carboxylic acids is 1. The number of amides is 1. The van der Waals surface area contributed by atoms with Crippen LogP contribution in [0.25, 0.3) is 6.08 Å². The zero-order valence-corrected chi connectivity index (χ0v) is 14.6. The Bertz CT molecular complexity index is 706. The third-order valence-electron chi connectivity index (χ3n) is 3.56. The number of ether oxygens (including phenoxy) is 2. The van der Waals surface area contributed by atoms with Crippen LogP contribution in [0.2, 0.25) is 0 Å². The van der Waals surface area contributed by atoms with Crippen LogP contribution in [0, 0.1) is 6.92 Å². The molecule has 4 nitrogen and oxygen atoms in total. The average Bonchev–Trinajstić information content (AvgIpc) is 2.97. The minimum absolute atomic E-state index is 0.0457. The highest BCUT2D eigenvalue weighted by Gasteiger charge is 2.11. The predicted octanol–water partition coefficient (Wildman–Crippen LogP) is 3.75. The summed E-state index contributed by atoms with van der Waals surface area (Å²) < 4.78 is 10.6. The fraction of sp³-hybridized carbons (Fsp3) is 0.278. The minimum Gasteiger partial charge on any atom is -0.497 e. The fourth-order valence-electron chi connectivity index (χ4n) is 2.15. The number of carbonyl (C=O) groups is 1. The van der Waals surface area contributed by atoms with E-state index in [0.29, 0.717) is 12.3 Å². The molecule has 0 aliphatic carbocycles. The fourth-order valence-corrected chi connectivity index (χ4v) is 2.96. The lowest BCUT2D eigenvalue weighted by Gasteiger charge is -2.17. The molecular formula is C18H21NO3S. The van der Waals surface area contributed by atoms with Crippen LogP contribution in [-0.4, -0.2) is 32.1 Å². The van der Waals surface area contributed by atoms with Crippen molar-refractivity contribution in [2.45, 2.75) is 13.5 Å². The van der Waals surface area contributed by atoms with Gasteiger partial charge in [-0.1, -0.05) is 0 Å². The van der Waals surface area contributed by atoms with Gasteiger partial charge < -0.3 is 14.4 Å². The summed E-state index contributed by atoms with van der Waals surface area (Å²) in [5.74, 6) is 1.39. The Morgan fingerprint density at radius 1 is 1.26 bits per heavy atom. The van der Waals surface area contributed by atoms with E-state index in [1.54, 1.807) is 43.6 Å². The zero-order valence-electron chi connectivity index (χ0n) is 13.8. The van der Waals surface area contributed by atoms with Gasteiger partial charge in [0.15, 0.2) is 0 Å². The second-order valence-electron chi connectivity index (χ2n) is 5.17. The van der Waals surface area contributed by atoms with Crippen molar-refractivity contribution in [2.24, 2.45) is 0 Å². The van der Waals surface area contributed by atoms with E-state index >= 15 is 0 Å². The second-order valence-corrected chi connectivity index (χ2v) is 6.12. The van der Waals surface area contributed by atoms with Gasteiger partial charge in [0, 0.05) is 36.2 Å². The van der Waals surface area contributed by atoms with E-state index in [2.05, 4.69) is 0 Å². The summed E-state index contributed by atoms with van der Waals surface area (Å²) in [5.41, 5.74) is 2.11. The Kier molecular flexibility index (Phi) is 5.82.